The quantitative estimate of drug-likeness (QED) is 0.781. The van der Waals surface area contributed by atoms with Gasteiger partial charge < -0.3 is 10.2 Å². The van der Waals surface area contributed by atoms with Gasteiger partial charge in [-0.25, -0.2) is 0 Å². The van der Waals surface area contributed by atoms with E-state index in [0.29, 0.717) is 0 Å². The summed E-state index contributed by atoms with van der Waals surface area (Å²) in [5.74, 6) is 0.252. The van der Waals surface area contributed by atoms with Crippen molar-refractivity contribution < 1.29 is 4.79 Å². The number of hydrogen-bond acceptors (Lipinski definition) is 2. The summed E-state index contributed by atoms with van der Waals surface area (Å²) in [4.78, 5) is 14.2. The van der Waals surface area contributed by atoms with Crippen LogP contribution < -0.4 is 5.32 Å². The van der Waals surface area contributed by atoms with Gasteiger partial charge in [-0.3, -0.25) is 4.79 Å². The van der Waals surface area contributed by atoms with Gasteiger partial charge >= 0.3 is 0 Å². The van der Waals surface area contributed by atoms with Crippen molar-refractivity contribution in [3.05, 3.63) is 0 Å². The van der Waals surface area contributed by atoms with Crippen LogP contribution in [0.5, 0.6) is 0 Å². The summed E-state index contributed by atoms with van der Waals surface area (Å²) in [6, 6.07) is 0.312. The molecule has 0 aliphatic carbocycles. The van der Waals surface area contributed by atoms with E-state index in [0.717, 1.165) is 13.0 Å². The van der Waals surface area contributed by atoms with Crippen LogP contribution in [0.2, 0.25) is 0 Å². The standard InChI is InChI=1S/C13H26N2O/c1-10(13(2,3)4)15(5)12(16)11-8-6-7-9-14-11/h10-11,14H,6-9H2,1-5H3. The third-order valence-electron chi connectivity index (χ3n) is 3.79. The first-order chi connectivity index (χ1) is 7.34. The minimum absolute atomic E-state index is 0.0450. The number of hydrogen-bond donors (Lipinski definition) is 1. The molecule has 1 fully saturated rings. The van der Waals surface area contributed by atoms with Crippen LogP contribution in [0.15, 0.2) is 0 Å². The SMILES string of the molecule is CC(N(C)C(=O)C1CCCCN1)C(C)(C)C. The van der Waals surface area contributed by atoms with Gasteiger partial charge in [-0.2, -0.15) is 0 Å². The minimum Gasteiger partial charge on any atom is -0.341 e. The van der Waals surface area contributed by atoms with Crippen molar-refractivity contribution in [2.45, 2.75) is 59.0 Å². The molecule has 3 heteroatoms. The first-order valence-electron chi connectivity index (χ1n) is 6.34. The van der Waals surface area contributed by atoms with Crippen molar-refractivity contribution >= 4 is 5.91 Å². The fourth-order valence-corrected chi connectivity index (χ4v) is 2.08. The largest absolute Gasteiger partial charge is 0.341 e. The number of likely N-dealkylation sites (N-methyl/N-ethyl adjacent to an activating group) is 1. The molecule has 1 heterocycles. The molecule has 1 amide bonds. The highest BCUT2D eigenvalue weighted by Crippen LogP contribution is 2.24. The van der Waals surface area contributed by atoms with Gasteiger partial charge in [0.2, 0.25) is 5.91 Å². The number of nitrogens with zero attached hydrogens (tertiary/aromatic N) is 1. The van der Waals surface area contributed by atoms with E-state index in [9.17, 15) is 4.79 Å². The first-order valence-corrected chi connectivity index (χ1v) is 6.34. The molecule has 1 saturated heterocycles. The second-order valence-corrected chi connectivity index (χ2v) is 5.99. The molecule has 0 spiro atoms. The van der Waals surface area contributed by atoms with Crippen molar-refractivity contribution in [3.8, 4) is 0 Å². The summed E-state index contributed by atoms with van der Waals surface area (Å²) in [7, 11) is 1.93. The second-order valence-electron chi connectivity index (χ2n) is 5.99. The number of piperidine rings is 1. The second kappa shape index (κ2) is 5.17. The van der Waals surface area contributed by atoms with Crippen molar-refractivity contribution in [3.63, 3.8) is 0 Å². The normalized spacial score (nSPS) is 23.9. The van der Waals surface area contributed by atoms with Crippen LogP contribution >= 0.6 is 0 Å². The van der Waals surface area contributed by atoms with Gasteiger partial charge in [0.25, 0.3) is 0 Å². The van der Waals surface area contributed by atoms with Gasteiger partial charge in [0.15, 0.2) is 0 Å². The van der Waals surface area contributed by atoms with E-state index in [1.165, 1.54) is 12.8 Å². The zero-order valence-electron chi connectivity index (χ0n) is 11.3. The zero-order chi connectivity index (χ0) is 12.3. The summed E-state index contributed by atoms with van der Waals surface area (Å²) in [6.07, 6.45) is 3.35. The van der Waals surface area contributed by atoms with E-state index < -0.39 is 0 Å². The molecule has 0 aromatic rings. The Kier molecular flexibility index (Phi) is 4.36. The van der Waals surface area contributed by atoms with Crippen molar-refractivity contribution in [1.29, 1.82) is 0 Å². The molecule has 0 radical (unpaired) electrons. The average molecular weight is 226 g/mol. The molecular formula is C13H26N2O. The van der Waals surface area contributed by atoms with Gasteiger partial charge in [0.1, 0.15) is 0 Å². The smallest absolute Gasteiger partial charge is 0.239 e. The molecule has 94 valence electrons. The Morgan fingerprint density at radius 2 is 2.00 bits per heavy atom. The summed E-state index contributed by atoms with van der Waals surface area (Å²) in [5, 5.41) is 3.31. The molecule has 0 aromatic carbocycles. The van der Waals surface area contributed by atoms with Crippen LogP contribution in [0.25, 0.3) is 0 Å². The molecule has 0 aromatic heterocycles. The predicted octanol–water partition coefficient (Wildman–Crippen LogP) is 2.02. The van der Waals surface area contributed by atoms with E-state index in [-0.39, 0.29) is 23.4 Å². The van der Waals surface area contributed by atoms with Crippen LogP contribution in [0.3, 0.4) is 0 Å². The van der Waals surface area contributed by atoms with E-state index in [1.54, 1.807) is 0 Å². The Morgan fingerprint density at radius 3 is 2.44 bits per heavy atom. The van der Waals surface area contributed by atoms with Gasteiger partial charge in [0, 0.05) is 13.1 Å². The molecule has 2 unspecified atom stereocenters. The van der Waals surface area contributed by atoms with Gasteiger partial charge in [-0.15, -0.1) is 0 Å². The van der Waals surface area contributed by atoms with E-state index in [2.05, 4.69) is 33.0 Å². The van der Waals surface area contributed by atoms with Crippen LogP contribution in [0.4, 0.5) is 0 Å². The number of rotatable bonds is 2. The molecule has 16 heavy (non-hydrogen) atoms. The Hall–Kier alpha value is -0.570. The Labute approximate surface area is 99.6 Å². The maximum atomic E-state index is 12.2. The minimum atomic E-state index is 0.0450. The maximum absolute atomic E-state index is 12.2. The number of carbonyl (C=O) groups excluding carboxylic acids is 1. The number of amides is 1. The highest BCUT2D eigenvalue weighted by atomic mass is 16.2. The fraction of sp³-hybridized carbons (Fsp3) is 0.923. The Balaban J connectivity index is 2.58. The van der Waals surface area contributed by atoms with Crippen molar-refractivity contribution in [1.82, 2.24) is 10.2 Å². The monoisotopic (exact) mass is 226 g/mol. The topological polar surface area (TPSA) is 32.3 Å². The summed E-state index contributed by atoms with van der Waals surface area (Å²) in [6.45, 7) is 9.64. The third-order valence-corrected chi connectivity index (χ3v) is 3.79. The molecule has 1 aliphatic heterocycles. The fourth-order valence-electron chi connectivity index (χ4n) is 2.08. The van der Waals surface area contributed by atoms with E-state index in [4.69, 9.17) is 0 Å². The molecule has 0 bridgehead atoms. The molecule has 3 nitrogen and oxygen atoms in total. The molecule has 1 rings (SSSR count). The zero-order valence-corrected chi connectivity index (χ0v) is 11.3. The van der Waals surface area contributed by atoms with Gasteiger partial charge in [-0.05, 0) is 31.7 Å². The summed E-state index contributed by atoms with van der Waals surface area (Å²) in [5.41, 5.74) is 0.138. The lowest BCUT2D eigenvalue weighted by Crippen LogP contribution is -2.52. The molecule has 0 saturated carbocycles. The molecular weight excluding hydrogens is 200 g/mol. The molecule has 2 atom stereocenters. The highest BCUT2D eigenvalue weighted by molar-refractivity contribution is 5.82. The van der Waals surface area contributed by atoms with Crippen LogP contribution in [-0.4, -0.2) is 36.5 Å². The van der Waals surface area contributed by atoms with Crippen LogP contribution in [0.1, 0.15) is 47.0 Å². The summed E-state index contributed by atoms with van der Waals surface area (Å²) >= 11 is 0. The Bertz CT molecular complexity index is 239. The lowest BCUT2D eigenvalue weighted by atomic mass is 9.86. The number of carbonyl (C=O) groups is 1. The number of nitrogens with one attached hydrogen (secondary N) is 1. The first kappa shape index (κ1) is 13.5. The van der Waals surface area contributed by atoms with E-state index in [1.807, 2.05) is 11.9 Å². The third kappa shape index (κ3) is 3.21. The average Bonchev–Trinajstić information content (AvgIpc) is 2.26. The van der Waals surface area contributed by atoms with Gasteiger partial charge in [0.05, 0.1) is 6.04 Å². The molecule has 1 N–H and O–H groups in total. The highest BCUT2D eigenvalue weighted by Gasteiger charge is 2.31. The van der Waals surface area contributed by atoms with Crippen molar-refractivity contribution in [2.75, 3.05) is 13.6 Å². The Morgan fingerprint density at radius 1 is 1.38 bits per heavy atom. The van der Waals surface area contributed by atoms with Crippen LogP contribution in [0, 0.1) is 5.41 Å². The lowest BCUT2D eigenvalue weighted by molar-refractivity contribution is -0.136. The maximum Gasteiger partial charge on any atom is 0.239 e. The van der Waals surface area contributed by atoms with Crippen molar-refractivity contribution in [2.24, 2.45) is 5.41 Å². The summed E-state index contributed by atoms with van der Waals surface area (Å²) < 4.78 is 0. The van der Waals surface area contributed by atoms with E-state index >= 15 is 0 Å². The lowest BCUT2D eigenvalue weighted by Gasteiger charge is -2.38. The van der Waals surface area contributed by atoms with Gasteiger partial charge in [-0.1, -0.05) is 27.2 Å². The molecule has 1 aliphatic rings. The van der Waals surface area contributed by atoms with Crippen LogP contribution in [-0.2, 0) is 4.79 Å². The predicted molar refractivity (Wildman–Crippen MR) is 67.3 cm³/mol.